The molecule has 7 heteroatoms. The summed E-state index contributed by atoms with van der Waals surface area (Å²) >= 11 is 1.02. The molecular weight excluding hydrogens is 246 g/mol. The van der Waals surface area contributed by atoms with Crippen LogP contribution in [0.4, 0.5) is 8.78 Å². The molecule has 0 radical (unpaired) electrons. The van der Waals surface area contributed by atoms with Crippen LogP contribution < -0.4 is 11.3 Å². The molecular formula is C10H10F2N4S. The molecule has 0 aliphatic heterocycles. The number of nitrogens with one attached hydrogen (secondary N) is 1. The standard InChI is InChI=1S/C10H10F2N4S/c11-7-2-1-3-8(12)6(7)4-9(15-13)10-5-14-17-16-10/h1-3,5,9,15H,4,13H2. The van der Waals surface area contributed by atoms with Gasteiger partial charge >= 0.3 is 0 Å². The van der Waals surface area contributed by atoms with Gasteiger partial charge in [-0.05, 0) is 12.1 Å². The summed E-state index contributed by atoms with van der Waals surface area (Å²) in [5, 5.41) is 0. The fourth-order valence-electron chi connectivity index (χ4n) is 1.51. The van der Waals surface area contributed by atoms with Crippen LogP contribution in [0.15, 0.2) is 24.4 Å². The highest BCUT2D eigenvalue weighted by atomic mass is 32.1. The van der Waals surface area contributed by atoms with Crippen molar-refractivity contribution in [3.05, 3.63) is 47.3 Å². The molecule has 17 heavy (non-hydrogen) atoms. The monoisotopic (exact) mass is 256 g/mol. The molecule has 1 aromatic carbocycles. The van der Waals surface area contributed by atoms with Gasteiger partial charge in [-0.1, -0.05) is 6.07 Å². The Morgan fingerprint density at radius 2 is 2.06 bits per heavy atom. The van der Waals surface area contributed by atoms with Crippen LogP contribution in [0.2, 0.25) is 0 Å². The molecule has 1 unspecified atom stereocenters. The van der Waals surface area contributed by atoms with Crippen LogP contribution in [0.5, 0.6) is 0 Å². The zero-order valence-electron chi connectivity index (χ0n) is 8.73. The van der Waals surface area contributed by atoms with E-state index in [-0.39, 0.29) is 12.0 Å². The lowest BCUT2D eigenvalue weighted by atomic mass is 10.0. The number of hydrogen-bond acceptors (Lipinski definition) is 5. The Kier molecular flexibility index (Phi) is 3.72. The third-order valence-electron chi connectivity index (χ3n) is 2.41. The van der Waals surface area contributed by atoms with E-state index in [0.717, 1.165) is 11.7 Å². The highest BCUT2D eigenvalue weighted by Gasteiger charge is 2.18. The maximum absolute atomic E-state index is 13.4. The van der Waals surface area contributed by atoms with Crippen molar-refractivity contribution in [3.8, 4) is 0 Å². The van der Waals surface area contributed by atoms with Gasteiger partial charge < -0.3 is 0 Å². The van der Waals surface area contributed by atoms with E-state index in [2.05, 4.69) is 14.2 Å². The lowest BCUT2D eigenvalue weighted by Crippen LogP contribution is -2.30. The predicted octanol–water partition coefficient (Wildman–Crippen LogP) is 1.56. The predicted molar refractivity (Wildman–Crippen MR) is 60.0 cm³/mol. The number of hydrazine groups is 1. The van der Waals surface area contributed by atoms with Crippen LogP contribution in [0.1, 0.15) is 17.3 Å². The zero-order chi connectivity index (χ0) is 12.3. The van der Waals surface area contributed by atoms with Crippen molar-refractivity contribution in [2.24, 2.45) is 5.84 Å². The summed E-state index contributed by atoms with van der Waals surface area (Å²) in [7, 11) is 0. The molecule has 0 fully saturated rings. The summed E-state index contributed by atoms with van der Waals surface area (Å²) in [4.78, 5) is 0. The quantitative estimate of drug-likeness (QED) is 0.643. The minimum atomic E-state index is -0.589. The number of halogens is 2. The molecule has 3 N–H and O–H groups in total. The fourth-order valence-corrected chi connectivity index (χ4v) is 1.98. The Balaban J connectivity index is 2.25. The highest BCUT2D eigenvalue weighted by molar-refractivity contribution is 6.99. The molecule has 1 aromatic heterocycles. The third-order valence-corrected chi connectivity index (χ3v) is 2.90. The van der Waals surface area contributed by atoms with Crippen LogP contribution in [-0.2, 0) is 6.42 Å². The lowest BCUT2D eigenvalue weighted by molar-refractivity contribution is 0.495. The Bertz CT molecular complexity index is 469. The largest absolute Gasteiger partial charge is 0.271 e. The summed E-state index contributed by atoms with van der Waals surface area (Å²) in [6.45, 7) is 0. The summed E-state index contributed by atoms with van der Waals surface area (Å²) in [6, 6.07) is 3.29. The van der Waals surface area contributed by atoms with Gasteiger partial charge in [0.1, 0.15) is 11.6 Å². The molecule has 2 aromatic rings. The first-order chi connectivity index (χ1) is 8.22. The van der Waals surface area contributed by atoms with Crippen molar-refractivity contribution < 1.29 is 8.78 Å². The molecule has 0 spiro atoms. The Morgan fingerprint density at radius 3 is 2.59 bits per heavy atom. The van der Waals surface area contributed by atoms with Crippen molar-refractivity contribution in [1.82, 2.24) is 14.2 Å². The van der Waals surface area contributed by atoms with E-state index < -0.39 is 17.7 Å². The van der Waals surface area contributed by atoms with Crippen LogP contribution >= 0.6 is 11.7 Å². The van der Waals surface area contributed by atoms with Crippen LogP contribution in [0.3, 0.4) is 0 Å². The molecule has 0 amide bonds. The number of nitrogens with two attached hydrogens (primary N) is 1. The van der Waals surface area contributed by atoms with E-state index in [9.17, 15) is 8.78 Å². The molecule has 1 atom stereocenters. The van der Waals surface area contributed by atoms with E-state index in [4.69, 9.17) is 5.84 Å². The first-order valence-electron chi connectivity index (χ1n) is 4.89. The van der Waals surface area contributed by atoms with Gasteiger partial charge in [-0.15, -0.1) is 0 Å². The number of nitrogens with zero attached hydrogens (tertiary/aromatic N) is 2. The summed E-state index contributed by atoms with van der Waals surface area (Å²) in [6.07, 6.45) is 1.61. The van der Waals surface area contributed by atoms with Crippen molar-refractivity contribution in [1.29, 1.82) is 0 Å². The number of rotatable bonds is 4. The van der Waals surface area contributed by atoms with Crippen LogP contribution in [-0.4, -0.2) is 8.75 Å². The first-order valence-corrected chi connectivity index (χ1v) is 5.62. The van der Waals surface area contributed by atoms with Gasteiger partial charge in [0.15, 0.2) is 0 Å². The van der Waals surface area contributed by atoms with E-state index in [1.54, 1.807) is 0 Å². The molecule has 1 heterocycles. The molecule has 0 aliphatic carbocycles. The third kappa shape index (κ3) is 2.63. The number of hydrogen-bond donors (Lipinski definition) is 2. The van der Waals surface area contributed by atoms with Crippen LogP contribution in [0.25, 0.3) is 0 Å². The summed E-state index contributed by atoms with van der Waals surface area (Å²) < 4.78 is 34.7. The Labute approximate surface area is 101 Å². The molecule has 0 saturated carbocycles. The van der Waals surface area contributed by atoms with E-state index >= 15 is 0 Å². The summed E-state index contributed by atoms with van der Waals surface area (Å²) in [5.74, 6) is 4.18. The molecule has 0 saturated heterocycles. The minimum absolute atomic E-state index is 0.0107. The second-order valence-corrected chi connectivity index (χ2v) is 4.01. The maximum atomic E-state index is 13.4. The van der Waals surface area contributed by atoms with E-state index in [0.29, 0.717) is 5.69 Å². The molecule has 90 valence electrons. The molecule has 4 nitrogen and oxygen atoms in total. The second-order valence-electron chi connectivity index (χ2n) is 3.46. The molecule has 2 rings (SSSR count). The van der Waals surface area contributed by atoms with Gasteiger partial charge in [-0.25, -0.2) is 8.78 Å². The van der Waals surface area contributed by atoms with Crippen molar-refractivity contribution in [2.75, 3.05) is 0 Å². The fraction of sp³-hybridized carbons (Fsp3) is 0.200. The topological polar surface area (TPSA) is 63.8 Å². The van der Waals surface area contributed by atoms with Crippen molar-refractivity contribution >= 4 is 11.7 Å². The number of benzene rings is 1. The number of aromatic nitrogens is 2. The smallest absolute Gasteiger partial charge is 0.129 e. The van der Waals surface area contributed by atoms with Crippen molar-refractivity contribution in [3.63, 3.8) is 0 Å². The zero-order valence-corrected chi connectivity index (χ0v) is 9.55. The lowest BCUT2D eigenvalue weighted by Gasteiger charge is -2.13. The van der Waals surface area contributed by atoms with Gasteiger partial charge in [-0.2, -0.15) is 8.75 Å². The second kappa shape index (κ2) is 5.26. The van der Waals surface area contributed by atoms with Crippen molar-refractivity contribution in [2.45, 2.75) is 12.5 Å². The normalized spacial score (nSPS) is 12.6. The maximum Gasteiger partial charge on any atom is 0.129 e. The summed E-state index contributed by atoms with van der Waals surface area (Å²) in [5.41, 5.74) is 3.04. The molecule has 0 bridgehead atoms. The Morgan fingerprint density at radius 1 is 1.35 bits per heavy atom. The van der Waals surface area contributed by atoms with Gasteiger partial charge in [0.2, 0.25) is 0 Å². The SMILES string of the molecule is NNC(Cc1c(F)cccc1F)c1cnsn1. The average Bonchev–Trinajstić information content (AvgIpc) is 2.82. The minimum Gasteiger partial charge on any atom is -0.271 e. The molecule has 0 aliphatic rings. The van der Waals surface area contributed by atoms with E-state index in [1.165, 1.54) is 24.4 Å². The Hall–Kier alpha value is -1.44. The first kappa shape index (κ1) is 12.0. The van der Waals surface area contributed by atoms with Gasteiger partial charge in [0.25, 0.3) is 0 Å². The van der Waals surface area contributed by atoms with E-state index in [1.807, 2.05) is 0 Å². The van der Waals surface area contributed by atoms with Gasteiger partial charge in [-0.3, -0.25) is 11.3 Å². The average molecular weight is 256 g/mol. The highest BCUT2D eigenvalue weighted by Crippen LogP contribution is 2.20. The van der Waals surface area contributed by atoms with Gasteiger partial charge in [0, 0.05) is 12.0 Å². The van der Waals surface area contributed by atoms with Crippen LogP contribution in [0, 0.1) is 11.6 Å². The van der Waals surface area contributed by atoms with Gasteiger partial charge in [0.05, 0.1) is 29.7 Å².